The summed E-state index contributed by atoms with van der Waals surface area (Å²) in [7, 11) is 0. The van der Waals surface area contributed by atoms with Gasteiger partial charge in [-0.25, -0.2) is 4.98 Å². The summed E-state index contributed by atoms with van der Waals surface area (Å²) in [5, 5.41) is 11.8. The summed E-state index contributed by atoms with van der Waals surface area (Å²) in [4.78, 5) is 6.49. The van der Waals surface area contributed by atoms with Gasteiger partial charge in [0.2, 0.25) is 0 Å². The molecule has 0 aromatic carbocycles. The van der Waals surface area contributed by atoms with Crippen LogP contribution in [0.15, 0.2) is 23.3 Å². The zero-order chi connectivity index (χ0) is 8.81. The van der Waals surface area contributed by atoms with Gasteiger partial charge in [-0.2, -0.15) is 5.26 Å². The van der Waals surface area contributed by atoms with Gasteiger partial charge >= 0.3 is 0 Å². The molecular formula is C7H5N5. The Balaban J connectivity index is 2.88. The van der Waals surface area contributed by atoms with Crippen molar-refractivity contribution in [1.82, 2.24) is 4.98 Å². The van der Waals surface area contributed by atoms with Gasteiger partial charge in [0.1, 0.15) is 11.8 Å². The van der Waals surface area contributed by atoms with Gasteiger partial charge in [0.25, 0.3) is 0 Å². The highest BCUT2D eigenvalue weighted by molar-refractivity contribution is 5.21. The summed E-state index contributed by atoms with van der Waals surface area (Å²) in [6.07, 6.45) is 0. The lowest BCUT2D eigenvalue weighted by molar-refractivity contribution is 0.969. The lowest BCUT2D eigenvalue weighted by atomic mass is 10.3. The lowest BCUT2D eigenvalue weighted by Crippen LogP contribution is -1.89. The molecule has 1 rings (SSSR count). The summed E-state index contributed by atoms with van der Waals surface area (Å²) >= 11 is 0. The van der Waals surface area contributed by atoms with Crippen molar-refractivity contribution in [1.29, 1.82) is 5.26 Å². The number of hydrogen-bond acceptors (Lipinski definition) is 3. The van der Waals surface area contributed by atoms with Gasteiger partial charge in [0.05, 0.1) is 6.54 Å². The van der Waals surface area contributed by atoms with E-state index in [1.165, 1.54) is 0 Å². The molecule has 0 atom stereocenters. The van der Waals surface area contributed by atoms with Crippen LogP contribution in [-0.2, 0) is 6.54 Å². The molecule has 0 unspecified atom stereocenters. The van der Waals surface area contributed by atoms with E-state index in [1.807, 2.05) is 6.07 Å². The van der Waals surface area contributed by atoms with E-state index in [0.29, 0.717) is 11.4 Å². The molecule has 0 bridgehead atoms. The van der Waals surface area contributed by atoms with Crippen LogP contribution in [-0.4, -0.2) is 4.98 Å². The Morgan fingerprint density at radius 3 is 3.17 bits per heavy atom. The Hall–Kier alpha value is -2.05. The third-order valence-electron chi connectivity index (χ3n) is 1.22. The van der Waals surface area contributed by atoms with Gasteiger partial charge in [-0.3, -0.25) is 0 Å². The van der Waals surface area contributed by atoms with Crippen molar-refractivity contribution in [2.24, 2.45) is 5.11 Å². The van der Waals surface area contributed by atoms with Crippen molar-refractivity contribution >= 4 is 0 Å². The first-order valence-corrected chi connectivity index (χ1v) is 3.23. The molecule has 5 heteroatoms. The molecule has 58 valence electrons. The maximum Gasteiger partial charge on any atom is 0.140 e. The van der Waals surface area contributed by atoms with Crippen molar-refractivity contribution in [3.05, 3.63) is 40.0 Å². The second-order valence-electron chi connectivity index (χ2n) is 2.01. The quantitative estimate of drug-likeness (QED) is 0.374. The Morgan fingerprint density at radius 2 is 2.50 bits per heavy atom. The molecule has 0 spiro atoms. The first-order valence-electron chi connectivity index (χ1n) is 3.23. The molecule has 0 amide bonds. The zero-order valence-corrected chi connectivity index (χ0v) is 6.18. The Labute approximate surface area is 68.9 Å². The predicted molar refractivity (Wildman–Crippen MR) is 41.8 cm³/mol. The Bertz CT molecular complexity index is 358. The fourth-order valence-corrected chi connectivity index (χ4v) is 0.734. The highest BCUT2D eigenvalue weighted by Crippen LogP contribution is 1.99. The minimum absolute atomic E-state index is 0.187. The zero-order valence-electron chi connectivity index (χ0n) is 6.18. The van der Waals surface area contributed by atoms with Crippen molar-refractivity contribution in [2.45, 2.75) is 6.54 Å². The van der Waals surface area contributed by atoms with Gasteiger partial charge in [-0.15, -0.1) is 0 Å². The first-order chi connectivity index (χ1) is 5.86. The Kier molecular flexibility index (Phi) is 2.66. The number of nitrogens with zero attached hydrogens (tertiary/aromatic N) is 5. The van der Waals surface area contributed by atoms with Gasteiger partial charge in [0, 0.05) is 10.6 Å². The number of azide groups is 1. The van der Waals surface area contributed by atoms with Gasteiger partial charge in [-0.1, -0.05) is 11.2 Å². The van der Waals surface area contributed by atoms with E-state index in [1.54, 1.807) is 18.2 Å². The molecule has 0 radical (unpaired) electrons. The van der Waals surface area contributed by atoms with Crippen molar-refractivity contribution < 1.29 is 0 Å². The van der Waals surface area contributed by atoms with Crippen LogP contribution in [0.25, 0.3) is 10.4 Å². The van der Waals surface area contributed by atoms with Crippen LogP contribution in [0.4, 0.5) is 0 Å². The topological polar surface area (TPSA) is 85.4 Å². The van der Waals surface area contributed by atoms with E-state index in [-0.39, 0.29) is 6.54 Å². The summed E-state index contributed by atoms with van der Waals surface area (Å²) in [5.74, 6) is 0. The largest absolute Gasteiger partial charge is 0.242 e. The second-order valence-corrected chi connectivity index (χ2v) is 2.01. The minimum atomic E-state index is 0.187. The normalized spacial score (nSPS) is 8.25. The van der Waals surface area contributed by atoms with E-state index >= 15 is 0 Å². The molecule has 1 heterocycles. The number of rotatable bonds is 2. The molecule has 0 aliphatic carbocycles. The van der Waals surface area contributed by atoms with E-state index in [2.05, 4.69) is 15.0 Å². The van der Waals surface area contributed by atoms with Crippen LogP contribution >= 0.6 is 0 Å². The lowest BCUT2D eigenvalue weighted by Gasteiger charge is -1.93. The van der Waals surface area contributed by atoms with E-state index in [0.717, 1.165) is 0 Å². The monoisotopic (exact) mass is 159 g/mol. The SMILES string of the molecule is N#Cc1cccc(CN=[N+]=[N-])n1. The highest BCUT2D eigenvalue weighted by Gasteiger charge is 1.93. The number of nitriles is 1. The molecular weight excluding hydrogens is 154 g/mol. The molecule has 1 aromatic heterocycles. The van der Waals surface area contributed by atoms with Crippen LogP contribution in [0.3, 0.4) is 0 Å². The summed E-state index contributed by atoms with van der Waals surface area (Å²) in [6.45, 7) is 0.187. The predicted octanol–water partition coefficient (Wildman–Crippen LogP) is 1.76. The van der Waals surface area contributed by atoms with E-state index in [4.69, 9.17) is 10.8 Å². The molecule has 12 heavy (non-hydrogen) atoms. The van der Waals surface area contributed by atoms with E-state index < -0.39 is 0 Å². The van der Waals surface area contributed by atoms with Gasteiger partial charge in [0.15, 0.2) is 0 Å². The third-order valence-corrected chi connectivity index (χ3v) is 1.22. The number of pyridine rings is 1. The standard InChI is InChI=1S/C7H5N5/c8-4-6-2-1-3-7(11-6)5-10-12-9/h1-3H,5H2. The van der Waals surface area contributed by atoms with Crippen molar-refractivity contribution in [3.8, 4) is 6.07 Å². The van der Waals surface area contributed by atoms with Crippen LogP contribution < -0.4 is 0 Å². The van der Waals surface area contributed by atoms with Crippen molar-refractivity contribution in [3.63, 3.8) is 0 Å². The first kappa shape index (κ1) is 8.05. The van der Waals surface area contributed by atoms with Crippen LogP contribution in [0.5, 0.6) is 0 Å². The summed E-state index contributed by atoms with van der Waals surface area (Å²) < 4.78 is 0. The number of aromatic nitrogens is 1. The minimum Gasteiger partial charge on any atom is -0.242 e. The fraction of sp³-hybridized carbons (Fsp3) is 0.143. The third kappa shape index (κ3) is 1.97. The molecule has 0 saturated heterocycles. The second kappa shape index (κ2) is 3.96. The number of hydrogen-bond donors (Lipinski definition) is 0. The molecule has 0 N–H and O–H groups in total. The maximum atomic E-state index is 8.47. The Morgan fingerprint density at radius 1 is 1.67 bits per heavy atom. The average Bonchev–Trinajstić information content (AvgIpc) is 2.15. The molecule has 0 aliphatic rings. The molecule has 0 saturated carbocycles. The van der Waals surface area contributed by atoms with Crippen LogP contribution in [0.2, 0.25) is 0 Å². The maximum absolute atomic E-state index is 8.47. The average molecular weight is 159 g/mol. The van der Waals surface area contributed by atoms with Gasteiger partial charge in [-0.05, 0) is 17.7 Å². The smallest absolute Gasteiger partial charge is 0.140 e. The molecule has 0 fully saturated rings. The van der Waals surface area contributed by atoms with E-state index in [9.17, 15) is 0 Å². The summed E-state index contributed by atoms with van der Waals surface area (Å²) in [5.41, 5.74) is 8.96. The summed E-state index contributed by atoms with van der Waals surface area (Å²) in [6, 6.07) is 6.90. The highest BCUT2D eigenvalue weighted by atomic mass is 15.1. The fourth-order valence-electron chi connectivity index (χ4n) is 0.734. The van der Waals surface area contributed by atoms with Crippen LogP contribution in [0.1, 0.15) is 11.4 Å². The molecule has 1 aromatic rings. The van der Waals surface area contributed by atoms with Crippen molar-refractivity contribution in [2.75, 3.05) is 0 Å². The van der Waals surface area contributed by atoms with Crippen LogP contribution in [0, 0.1) is 11.3 Å². The molecule has 5 nitrogen and oxygen atoms in total. The van der Waals surface area contributed by atoms with Gasteiger partial charge < -0.3 is 0 Å². The molecule has 0 aliphatic heterocycles.